The number of nitrogens with zero attached hydrogens (tertiary/aromatic N) is 2. The molecule has 0 spiro atoms. The van der Waals surface area contributed by atoms with E-state index in [0.717, 1.165) is 17.1 Å². The van der Waals surface area contributed by atoms with Gasteiger partial charge in [-0.15, -0.1) is 0 Å². The molecule has 1 aromatic carbocycles. The molecule has 6 heteroatoms. The summed E-state index contributed by atoms with van der Waals surface area (Å²) in [5, 5.41) is 7.92. The van der Waals surface area contributed by atoms with Crippen LogP contribution in [-0.4, -0.2) is 22.3 Å². The van der Waals surface area contributed by atoms with E-state index in [9.17, 15) is 4.79 Å². The minimum absolute atomic E-state index is 0.176. The smallest absolute Gasteiger partial charge is 0.256 e. The molecule has 4 rings (SSSR count). The number of fused-ring (bicyclic) bond motifs is 1. The number of hydrogen-bond acceptors (Lipinski definition) is 3. The second-order valence-corrected chi connectivity index (χ2v) is 6.77. The summed E-state index contributed by atoms with van der Waals surface area (Å²) in [7, 11) is 0. The van der Waals surface area contributed by atoms with Gasteiger partial charge in [-0.05, 0) is 50.0 Å². The molecule has 1 unspecified atom stereocenters. The van der Waals surface area contributed by atoms with Gasteiger partial charge in [0.2, 0.25) is 0 Å². The Labute approximate surface area is 145 Å². The fourth-order valence-corrected chi connectivity index (χ4v) is 3.17. The lowest BCUT2D eigenvalue weighted by molar-refractivity contribution is -0.113. The number of nitrogens with one attached hydrogen (secondary N) is 1. The van der Waals surface area contributed by atoms with Gasteiger partial charge >= 0.3 is 0 Å². The van der Waals surface area contributed by atoms with Crippen LogP contribution in [0.3, 0.4) is 0 Å². The average molecular weight is 344 g/mol. The Hall–Kier alpha value is -2.27. The van der Waals surface area contributed by atoms with Crippen LogP contribution in [0.2, 0.25) is 5.02 Å². The highest BCUT2D eigenvalue weighted by molar-refractivity contribution is 6.30. The lowest BCUT2D eigenvalue weighted by Crippen LogP contribution is -2.23. The van der Waals surface area contributed by atoms with Crippen molar-refractivity contribution >= 4 is 29.4 Å². The summed E-state index contributed by atoms with van der Waals surface area (Å²) >= 11 is 6.01. The molecule has 2 aromatic rings. The molecule has 1 fully saturated rings. The van der Waals surface area contributed by atoms with Crippen molar-refractivity contribution in [2.45, 2.75) is 25.8 Å². The summed E-state index contributed by atoms with van der Waals surface area (Å²) in [6, 6.07) is 7.51. The number of amides is 1. The van der Waals surface area contributed by atoms with Crippen LogP contribution in [0, 0.1) is 5.92 Å². The number of rotatable bonds is 4. The number of ether oxygens (including phenoxy) is 1. The number of halogens is 1. The Morgan fingerprint density at radius 2 is 2.25 bits per heavy atom. The Balaban J connectivity index is 1.54. The van der Waals surface area contributed by atoms with Crippen molar-refractivity contribution in [3.63, 3.8) is 0 Å². The van der Waals surface area contributed by atoms with Crippen molar-refractivity contribution in [2.24, 2.45) is 5.92 Å². The van der Waals surface area contributed by atoms with E-state index in [2.05, 4.69) is 17.3 Å². The zero-order valence-electron chi connectivity index (χ0n) is 13.3. The molecule has 0 radical (unpaired) electrons. The molecule has 1 aromatic heterocycles. The second-order valence-electron chi connectivity index (χ2n) is 6.33. The van der Waals surface area contributed by atoms with Gasteiger partial charge in [0.05, 0.1) is 17.8 Å². The Morgan fingerprint density at radius 1 is 1.42 bits per heavy atom. The van der Waals surface area contributed by atoms with Crippen molar-refractivity contribution in [3.8, 4) is 5.75 Å². The summed E-state index contributed by atoms with van der Waals surface area (Å²) < 4.78 is 7.54. The van der Waals surface area contributed by atoms with E-state index < -0.39 is 0 Å². The summed E-state index contributed by atoms with van der Waals surface area (Å²) in [5.41, 5.74) is 1.38. The van der Waals surface area contributed by atoms with E-state index >= 15 is 0 Å². The molecule has 24 heavy (non-hydrogen) atoms. The predicted molar refractivity (Wildman–Crippen MR) is 93.2 cm³/mol. The molecule has 0 bridgehead atoms. The number of hydrogen-bond donors (Lipinski definition) is 1. The summed E-state index contributed by atoms with van der Waals surface area (Å²) in [4.78, 5) is 12.6. The Kier molecular flexibility index (Phi) is 3.81. The summed E-state index contributed by atoms with van der Waals surface area (Å²) in [6.07, 6.45) is 6.00. The SMILES string of the molecule is CC(C1CC1)n1nccc1NC(=O)C1=Cc2cc(Cl)ccc2OC1. The quantitative estimate of drug-likeness (QED) is 0.915. The maximum Gasteiger partial charge on any atom is 0.256 e. The lowest BCUT2D eigenvalue weighted by atomic mass is 10.1. The van der Waals surface area contributed by atoms with Crippen LogP contribution >= 0.6 is 11.6 Å². The molecule has 2 aliphatic rings. The largest absolute Gasteiger partial charge is 0.488 e. The van der Waals surface area contributed by atoms with E-state index in [0.29, 0.717) is 22.6 Å². The van der Waals surface area contributed by atoms with Gasteiger partial charge in [0.25, 0.3) is 5.91 Å². The summed E-state index contributed by atoms with van der Waals surface area (Å²) in [6.45, 7) is 2.38. The van der Waals surface area contributed by atoms with Crippen LogP contribution < -0.4 is 10.1 Å². The normalized spacial score (nSPS) is 17.5. The molecular formula is C18H18ClN3O2. The number of anilines is 1. The van der Waals surface area contributed by atoms with Crippen molar-refractivity contribution in [2.75, 3.05) is 11.9 Å². The van der Waals surface area contributed by atoms with Gasteiger partial charge in [-0.3, -0.25) is 4.79 Å². The van der Waals surface area contributed by atoms with Gasteiger partial charge < -0.3 is 10.1 Å². The molecular weight excluding hydrogens is 326 g/mol. The van der Waals surface area contributed by atoms with E-state index in [1.807, 2.05) is 22.9 Å². The summed E-state index contributed by atoms with van der Waals surface area (Å²) in [5.74, 6) is 1.94. The van der Waals surface area contributed by atoms with Crippen molar-refractivity contribution in [1.82, 2.24) is 9.78 Å². The zero-order chi connectivity index (χ0) is 16.7. The van der Waals surface area contributed by atoms with Crippen LogP contribution in [0.5, 0.6) is 5.75 Å². The fraction of sp³-hybridized carbons (Fsp3) is 0.333. The number of aromatic nitrogens is 2. The van der Waals surface area contributed by atoms with E-state index in [-0.39, 0.29) is 12.5 Å². The van der Waals surface area contributed by atoms with E-state index in [4.69, 9.17) is 16.3 Å². The maximum absolute atomic E-state index is 12.6. The fourth-order valence-electron chi connectivity index (χ4n) is 2.99. The lowest BCUT2D eigenvalue weighted by Gasteiger charge is -2.19. The molecule has 1 atom stereocenters. The van der Waals surface area contributed by atoms with Gasteiger partial charge in [0, 0.05) is 16.7 Å². The highest BCUT2D eigenvalue weighted by atomic mass is 35.5. The van der Waals surface area contributed by atoms with Crippen LogP contribution in [0.15, 0.2) is 36.0 Å². The molecule has 124 valence electrons. The van der Waals surface area contributed by atoms with Crippen molar-refractivity contribution in [3.05, 3.63) is 46.6 Å². The molecule has 1 aliphatic heterocycles. The third-order valence-corrected chi connectivity index (χ3v) is 4.81. The average Bonchev–Trinajstić information content (AvgIpc) is 3.33. The molecule has 1 N–H and O–H groups in total. The first kappa shape index (κ1) is 15.3. The maximum atomic E-state index is 12.6. The van der Waals surface area contributed by atoms with Gasteiger partial charge in [-0.2, -0.15) is 5.10 Å². The predicted octanol–water partition coefficient (Wildman–Crippen LogP) is 3.92. The molecule has 1 aliphatic carbocycles. The molecule has 0 saturated heterocycles. The van der Waals surface area contributed by atoms with Crippen LogP contribution in [0.25, 0.3) is 6.08 Å². The monoisotopic (exact) mass is 343 g/mol. The highest BCUT2D eigenvalue weighted by Crippen LogP contribution is 2.40. The Bertz CT molecular complexity index is 823. The molecule has 5 nitrogen and oxygen atoms in total. The molecule has 1 saturated carbocycles. The van der Waals surface area contributed by atoms with Crippen LogP contribution in [0.4, 0.5) is 5.82 Å². The van der Waals surface area contributed by atoms with Gasteiger partial charge in [0.1, 0.15) is 18.2 Å². The van der Waals surface area contributed by atoms with Gasteiger partial charge in [-0.1, -0.05) is 11.6 Å². The zero-order valence-corrected chi connectivity index (χ0v) is 14.1. The third kappa shape index (κ3) is 2.91. The topological polar surface area (TPSA) is 56.2 Å². The first-order valence-corrected chi connectivity index (χ1v) is 8.47. The number of benzene rings is 1. The number of carbonyl (C=O) groups excluding carboxylic acids is 1. The standard InChI is InChI=1S/C18H18ClN3O2/c1-11(12-2-3-12)22-17(6-7-20-22)21-18(23)14-8-13-9-15(19)4-5-16(13)24-10-14/h4-9,11-12H,2-3,10H2,1H3,(H,21,23). The first-order chi connectivity index (χ1) is 11.6. The molecule has 2 heterocycles. The van der Waals surface area contributed by atoms with Crippen LogP contribution in [0.1, 0.15) is 31.4 Å². The second kappa shape index (κ2) is 5.98. The van der Waals surface area contributed by atoms with E-state index in [1.165, 1.54) is 12.8 Å². The van der Waals surface area contributed by atoms with Gasteiger partial charge in [-0.25, -0.2) is 4.68 Å². The van der Waals surface area contributed by atoms with Crippen molar-refractivity contribution in [1.29, 1.82) is 0 Å². The minimum atomic E-state index is -0.176. The number of carbonyl (C=O) groups is 1. The van der Waals surface area contributed by atoms with Crippen molar-refractivity contribution < 1.29 is 9.53 Å². The minimum Gasteiger partial charge on any atom is -0.488 e. The highest BCUT2D eigenvalue weighted by Gasteiger charge is 2.31. The van der Waals surface area contributed by atoms with Gasteiger partial charge in [0.15, 0.2) is 0 Å². The first-order valence-electron chi connectivity index (χ1n) is 8.09. The van der Waals surface area contributed by atoms with E-state index in [1.54, 1.807) is 18.3 Å². The Morgan fingerprint density at radius 3 is 3.04 bits per heavy atom. The third-order valence-electron chi connectivity index (χ3n) is 4.58. The van der Waals surface area contributed by atoms with Crippen LogP contribution in [-0.2, 0) is 4.79 Å². The molecule has 1 amide bonds.